The Labute approximate surface area is 109 Å². The van der Waals surface area contributed by atoms with Crippen LogP contribution in [0.25, 0.3) is 0 Å². The van der Waals surface area contributed by atoms with Gasteiger partial charge in [0.05, 0.1) is 6.10 Å². The molecule has 0 amide bonds. The summed E-state index contributed by atoms with van der Waals surface area (Å²) >= 11 is 0. The normalized spacial score (nSPS) is 10.7. The van der Waals surface area contributed by atoms with E-state index < -0.39 is 5.97 Å². The van der Waals surface area contributed by atoms with Crippen LogP contribution in [0.3, 0.4) is 0 Å². The molecule has 1 aromatic carbocycles. The van der Waals surface area contributed by atoms with Crippen LogP contribution in [0.1, 0.15) is 43.4 Å². The number of aliphatic carboxylic acids is 1. The molecule has 3 heteroatoms. The molecule has 0 fully saturated rings. The number of carboxylic acid groups (broad SMARTS) is 1. The molecule has 0 saturated carbocycles. The predicted molar refractivity (Wildman–Crippen MR) is 72.3 cm³/mol. The largest absolute Gasteiger partial charge is 0.491 e. The summed E-state index contributed by atoms with van der Waals surface area (Å²) in [6.07, 6.45) is 1.88. The molecule has 1 aromatic rings. The molecule has 0 radical (unpaired) electrons. The van der Waals surface area contributed by atoms with Crippen LogP contribution < -0.4 is 4.74 Å². The first kappa shape index (κ1) is 14.6. The SMILES string of the molecule is Cc1c(CCCC(=O)O)ccc(OC(C)C)c1C. The topological polar surface area (TPSA) is 46.5 Å². The summed E-state index contributed by atoms with van der Waals surface area (Å²) < 4.78 is 5.73. The fourth-order valence-electron chi connectivity index (χ4n) is 1.93. The first-order valence-electron chi connectivity index (χ1n) is 6.39. The molecule has 1 N–H and O–H groups in total. The van der Waals surface area contributed by atoms with Crippen LogP contribution in [0.15, 0.2) is 12.1 Å². The minimum absolute atomic E-state index is 0.168. The summed E-state index contributed by atoms with van der Waals surface area (Å²) in [6, 6.07) is 4.03. The molecule has 100 valence electrons. The van der Waals surface area contributed by atoms with Gasteiger partial charge in [-0.3, -0.25) is 4.79 Å². The molecule has 0 aliphatic rings. The summed E-state index contributed by atoms with van der Waals surface area (Å²) in [4.78, 5) is 10.5. The van der Waals surface area contributed by atoms with Gasteiger partial charge in [0.15, 0.2) is 0 Å². The van der Waals surface area contributed by atoms with Crippen molar-refractivity contribution < 1.29 is 14.6 Å². The highest BCUT2D eigenvalue weighted by molar-refractivity contribution is 5.66. The second-order valence-corrected chi connectivity index (χ2v) is 4.89. The van der Waals surface area contributed by atoms with E-state index in [0.717, 1.165) is 17.7 Å². The molecule has 3 nitrogen and oxygen atoms in total. The molecule has 0 aliphatic heterocycles. The van der Waals surface area contributed by atoms with Crippen LogP contribution >= 0.6 is 0 Å². The molecule has 0 spiro atoms. The lowest BCUT2D eigenvalue weighted by Gasteiger charge is -2.16. The molecule has 0 aliphatic carbocycles. The zero-order chi connectivity index (χ0) is 13.7. The van der Waals surface area contributed by atoms with Crippen LogP contribution in [-0.2, 0) is 11.2 Å². The average molecular weight is 250 g/mol. The van der Waals surface area contributed by atoms with Gasteiger partial charge in [0.2, 0.25) is 0 Å². The monoisotopic (exact) mass is 250 g/mol. The van der Waals surface area contributed by atoms with E-state index in [1.54, 1.807) is 0 Å². The van der Waals surface area contributed by atoms with Crippen molar-refractivity contribution in [1.29, 1.82) is 0 Å². The lowest BCUT2D eigenvalue weighted by atomic mass is 9.98. The maximum absolute atomic E-state index is 10.5. The number of carboxylic acids is 1. The number of benzene rings is 1. The van der Waals surface area contributed by atoms with Gasteiger partial charge in [-0.1, -0.05) is 6.07 Å². The molecular formula is C15H22O3. The first-order chi connectivity index (χ1) is 8.41. The summed E-state index contributed by atoms with van der Waals surface area (Å²) in [5, 5.41) is 8.64. The molecule has 18 heavy (non-hydrogen) atoms. The Morgan fingerprint density at radius 1 is 1.28 bits per heavy atom. The minimum atomic E-state index is -0.732. The summed E-state index contributed by atoms with van der Waals surface area (Å²) in [7, 11) is 0. The van der Waals surface area contributed by atoms with Gasteiger partial charge >= 0.3 is 5.97 Å². The predicted octanol–water partition coefficient (Wildman–Crippen LogP) is 3.50. The second-order valence-electron chi connectivity index (χ2n) is 4.89. The maximum Gasteiger partial charge on any atom is 0.303 e. The molecule has 0 atom stereocenters. The van der Waals surface area contributed by atoms with Crippen LogP contribution in [0, 0.1) is 13.8 Å². The molecule has 0 heterocycles. The van der Waals surface area contributed by atoms with Crippen LogP contribution in [0.4, 0.5) is 0 Å². The van der Waals surface area contributed by atoms with Gasteiger partial charge in [-0.2, -0.15) is 0 Å². The maximum atomic E-state index is 10.5. The van der Waals surface area contributed by atoms with Crippen molar-refractivity contribution in [3.05, 3.63) is 28.8 Å². The van der Waals surface area contributed by atoms with Gasteiger partial charge in [-0.25, -0.2) is 0 Å². The summed E-state index contributed by atoms with van der Waals surface area (Å²) in [6.45, 7) is 8.14. The van der Waals surface area contributed by atoms with Gasteiger partial charge in [0, 0.05) is 6.42 Å². The zero-order valence-electron chi connectivity index (χ0n) is 11.6. The lowest BCUT2D eigenvalue weighted by Crippen LogP contribution is -2.08. The molecule has 0 aromatic heterocycles. The third-order valence-electron chi connectivity index (χ3n) is 3.05. The Morgan fingerprint density at radius 2 is 1.94 bits per heavy atom. The van der Waals surface area contributed by atoms with E-state index in [-0.39, 0.29) is 12.5 Å². The van der Waals surface area contributed by atoms with Gasteiger partial charge in [-0.05, 0) is 63.3 Å². The zero-order valence-corrected chi connectivity index (χ0v) is 11.6. The van der Waals surface area contributed by atoms with Crippen molar-refractivity contribution in [1.82, 2.24) is 0 Å². The number of ether oxygens (including phenoxy) is 1. The standard InChI is InChI=1S/C15H22O3/c1-10(2)18-14-9-8-13(11(3)12(14)4)6-5-7-15(16)17/h8-10H,5-7H2,1-4H3,(H,16,17). The number of hydrogen-bond acceptors (Lipinski definition) is 2. The van der Waals surface area contributed by atoms with Crippen molar-refractivity contribution >= 4 is 5.97 Å². The van der Waals surface area contributed by atoms with E-state index >= 15 is 0 Å². The van der Waals surface area contributed by atoms with Crippen molar-refractivity contribution in [3.63, 3.8) is 0 Å². The highest BCUT2D eigenvalue weighted by Crippen LogP contribution is 2.26. The molecule has 0 bridgehead atoms. The van der Waals surface area contributed by atoms with Crippen LogP contribution in [0.2, 0.25) is 0 Å². The van der Waals surface area contributed by atoms with Crippen LogP contribution in [-0.4, -0.2) is 17.2 Å². The Morgan fingerprint density at radius 3 is 2.50 bits per heavy atom. The van der Waals surface area contributed by atoms with Crippen molar-refractivity contribution in [2.45, 2.75) is 53.1 Å². The van der Waals surface area contributed by atoms with Gasteiger partial charge < -0.3 is 9.84 Å². The lowest BCUT2D eigenvalue weighted by molar-refractivity contribution is -0.137. The summed E-state index contributed by atoms with van der Waals surface area (Å²) in [5.74, 6) is 0.189. The van der Waals surface area contributed by atoms with Gasteiger partial charge in [-0.15, -0.1) is 0 Å². The van der Waals surface area contributed by atoms with Crippen molar-refractivity contribution in [2.75, 3.05) is 0 Å². The van der Waals surface area contributed by atoms with E-state index in [4.69, 9.17) is 9.84 Å². The highest BCUT2D eigenvalue weighted by atomic mass is 16.5. The molecular weight excluding hydrogens is 228 g/mol. The number of rotatable bonds is 6. The van der Waals surface area contributed by atoms with E-state index in [2.05, 4.69) is 6.92 Å². The first-order valence-corrected chi connectivity index (χ1v) is 6.39. The third kappa shape index (κ3) is 4.06. The van der Waals surface area contributed by atoms with Crippen LogP contribution in [0.5, 0.6) is 5.75 Å². The van der Waals surface area contributed by atoms with Crippen molar-refractivity contribution in [2.24, 2.45) is 0 Å². The fourth-order valence-corrected chi connectivity index (χ4v) is 1.93. The molecule has 1 rings (SSSR count). The Hall–Kier alpha value is -1.51. The summed E-state index contributed by atoms with van der Waals surface area (Å²) in [5.41, 5.74) is 3.57. The Bertz CT molecular complexity index is 422. The highest BCUT2D eigenvalue weighted by Gasteiger charge is 2.09. The van der Waals surface area contributed by atoms with E-state index in [1.165, 1.54) is 11.1 Å². The van der Waals surface area contributed by atoms with Gasteiger partial charge in [0.25, 0.3) is 0 Å². The quantitative estimate of drug-likeness (QED) is 0.840. The third-order valence-corrected chi connectivity index (χ3v) is 3.05. The molecule has 0 saturated heterocycles. The second kappa shape index (κ2) is 6.43. The van der Waals surface area contributed by atoms with E-state index in [1.807, 2.05) is 32.9 Å². The van der Waals surface area contributed by atoms with E-state index in [0.29, 0.717) is 6.42 Å². The van der Waals surface area contributed by atoms with Gasteiger partial charge in [0.1, 0.15) is 5.75 Å². The minimum Gasteiger partial charge on any atom is -0.491 e. The number of carbonyl (C=O) groups is 1. The smallest absolute Gasteiger partial charge is 0.303 e. The average Bonchev–Trinajstić information content (AvgIpc) is 2.27. The van der Waals surface area contributed by atoms with E-state index in [9.17, 15) is 4.79 Å². The fraction of sp³-hybridized carbons (Fsp3) is 0.533. The van der Waals surface area contributed by atoms with Crippen molar-refractivity contribution in [3.8, 4) is 5.75 Å². The Balaban J connectivity index is 2.77. The molecule has 0 unspecified atom stereocenters. The number of aryl methyl sites for hydroxylation is 1. The number of hydrogen-bond donors (Lipinski definition) is 1. The Kier molecular flexibility index (Phi) is 5.20.